The van der Waals surface area contributed by atoms with Crippen molar-refractivity contribution in [1.82, 2.24) is 15.2 Å². The minimum Gasteiger partial charge on any atom is -0.271 e. The highest BCUT2D eigenvalue weighted by Gasteiger charge is 2.11. The molecule has 0 unspecified atom stereocenters. The van der Waals surface area contributed by atoms with Gasteiger partial charge in [-0.2, -0.15) is 10.2 Å². The Morgan fingerprint density at radius 2 is 2.27 bits per heavy atom. The maximum absolute atomic E-state index is 13.5. The van der Waals surface area contributed by atoms with Crippen LogP contribution in [-0.2, 0) is 11.3 Å². The maximum atomic E-state index is 13.5. The Kier molecular flexibility index (Phi) is 5.31. The highest BCUT2D eigenvalue weighted by molar-refractivity contribution is 9.10. The minimum atomic E-state index is -0.507. The third-order valence-electron chi connectivity index (χ3n) is 2.97. The van der Waals surface area contributed by atoms with E-state index in [9.17, 15) is 9.18 Å². The van der Waals surface area contributed by atoms with Gasteiger partial charge in [0, 0.05) is 5.56 Å². The molecule has 0 spiro atoms. The van der Waals surface area contributed by atoms with E-state index in [-0.39, 0.29) is 23.0 Å². The number of rotatable bonds is 4. The average Bonchev–Trinajstić information content (AvgIpc) is 2.69. The van der Waals surface area contributed by atoms with E-state index in [4.69, 9.17) is 11.6 Å². The first kappa shape index (κ1) is 16.6. The number of benzene rings is 1. The smallest absolute Gasteiger partial charge is 0.261 e. The molecule has 5 nitrogen and oxygen atoms in total. The van der Waals surface area contributed by atoms with Crippen LogP contribution in [0.5, 0.6) is 0 Å². The van der Waals surface area contributed by atoms with Crippen molar-refractivity contribution in [3.8, 4) is 0 Å². The van der Waals surface area contributed by atoms with Crippen molar-refractivity contribution in [1.29, 1.82) is 0 Å². The number of hydrogen-bond acceptors (Lipinski definition) is 3. The molecule has 2 aromatic rings. The Morgan fingerprint density at radius 1 is 1.55 bits per heavy atom. The summed E-state index contributed by atoms with van der Waals surface area (Å²) in [5.41, 5.74) is 4.08. The van der Waals surface area contributed by atoms with Gasteiger partial charge in [0.05, 0.1) is 27.1 Å². The van der Waals surface area contributed by atoms with Gasteiger partial charge in [-0.15, -0.1) is 0 Å². The molecular formula is C14H13BrClFN4O. The monoisotopic (exact) mass is 386 g/mol. The first-order valence-corrected chi connectivity index (χ1v) is 7.52. The van der Waals surface area contributed by atoms with Crippen molar-refractivity contribution < 1.29 is 9.18 Å². The van der Waals surface area contributed by atoms with Gasteiger partial charge < -0.3 is 0 Å². The molecule has 0 aliphatic rings. The summed E-state index contributed by atoms with van der Waals surface area (Å²) >= 11 is 9.24. The molecule has 1 aromatic heterocycles. The number of hydrogen-bond donors (Lipinski definition) is 1. The van der Waals surface area contributed by atoms with Gasteiger partial charge in [0.25, 0.3) is 5.91 Å². The van der Waals surface area contributed by atoms with Gasteiger partial charge in [-0.25, -0.2) is 9.82 Å². The van der Waals surface area contributed by atoms with Crippen LogP contribution in [0.15, 0.2) is 27.8 Å². The van der Waals surface area contributed by atoms with Crippen molar-refractivity contribution in [3.63, 3.8) is 0 Å². The molecule has 0 fully saturated rings. The van der Waals surface area contributed by atoms with Crippen molar-refractivity contribution in [2.75, 3.05) is 0 Å². The van der Waals surface area contributed by atoms with Gasteiger partial charge in [-0.05, 0) is 41.9 Å². The highest BCUT2D eigenvalue weighted by atomic mass is 79.9. The number of carbonyl (C=O) groups excluding carboxylic acids is 1. The largest absolute Gasteiger partial charge is 0.271 e. The predicted octanol–water partition coefficient (Wildman–Crippen LogP) is 3.21. The third kappa shape index (κ3) is 3.72. The molecule has 116 valence electrons. The Labute approximate surface area is 140 Å². The molecule has 22 heavy (non-hydrogen) atoms. The second-order valence-corrected chi connectivity index (χ2v) is 5.77. The Balaban J connectivity index is 2.01. The molecule has 0 atom stereocenters. The Bertz CT molecular complexity index is 724. The zero-order valence-corrected chi connectivity index (χ0v) is 14.2. The maximum Gasteiger partial charge on any atom is 0.261 e. The fourth-order valence-corrected chi connectivity index (χ4v) is 2.30. The van der Waals surface area contributed by atoms with Crippen LogP contribution in [-0.4, -0.2) is 21.9 Å². The fourth-order valence-electron chi connectivity index (χ4n) is 1.80. The quantitative estimate of drug-likeness (QED) is 0.647. The summed E-state index contributed by atoms with van der Waals surface area (Å²) in [5.74, 6) is -0.880. The lowest BCUT2D eigenvalue weighted by molar-refractivity contribution is -0.121. The molecule has 0 aliphatic carbocycles. The normalized spacial score (nSPS) is 11.1. The topological polar surface area (TPSA) is 59.3 Å². The van der Waals surface area contributed by atoms with Crippen LogP contribution in [0.2, 0.25) is 5.02 Å². The molecule has 1 aromatic carbocycles. The summed E-state index contributed by atoms with van der Waals surface area (Å²) in [6.07, 6.45) is 1.17. The summed E-state index contributed by atoms with van der Waals surface area (Å²) in [6, 6.07) is 4.30. The van der Waals surface area contributed by atoms with E-state index < -0.39 is 5.82 Å². The lowest BCUT2D eigenvalue weighted by Gasteiger charge is -2.03. The van der Waals surface area contributed by atoms with Gasteiger partial charge in [-0.1, -0.05) is 17.7 Å². The predicted molar refractivity (Wildman–Crippen MR) is 86.5 cm³/mol. The second-order valence-electron chi connectivity index (χ2n) is 4.57. The van der Waals surface area contributed by atoms with Crippen LogP contribution < -0.4 is 5.43 Å². The van der Waals surface area contributed by atoms with Gasteiger partial charge in [0.2, 0.25) is 0 Å². The van der Waals surface area contributed by atoms with E-state index in [2.05, 4.69) is 31.6 Å². The summed E-state index contributed by atoms with van der Waals surface area (Å²) < 4.78 is 15.9. The van der Waals surface area contributed by atoms with E-state index in [1.54, 1.807) is 10.7 Å². The van der Waals surface area contributed by atoms with Crippen molar-refractivity contribution in [3.05, 3.63) is 50.5 Å². The Hall–Kier alpha value is -1.73. The van der Waals surface area contributed by atoms with Crippen molar-refractivity contribution >= 4 is 39.7 Å². The molecule has 0 radical (unpaired) electrons. The number of nitrogens with one attached hydrogen (secondary N) is 1. The fraction of sp³-hybridized carbons (Fsp3) is 0.214. The molecular weight excluding hydrogens is 375 g/mol. The van der Waals surface area contributed by atoms with Gasteiger partial charge in [0.15, 0.2) is 0 Å². The summed E-state index contributed by atoms with van der Waals surface area (Å²) in [5, 5.41) is 8.16. The highest BCUT2D eigenvalue weighted by Crippen LogP contribution is 2.19. The van der Waals surface area contributed by atoms with E-state index in [1.807, 2.05) is 13.8 Å². The molecule has 1 heterocycles. The number of amides is 1. The van der Waals surface area contributed by atoms with E-state index in [1.165, 1.54) is 18.3 Å². The molecule has 0 saturated carbocycles. The molecule has 1 N–H and O–H groups in total. The molecule has 0 bridgehead atoms. The SMILES string of the molecule is Cc1nn(CC(=O)N/N=C\c2c(F)cccc2Cl)c(C)c1Br. The molecule has 8 heteroatoms. The first-order chi connectivity index (χ1) is 10.4. The van der Waals surface area contributed by atoms with Gasteiger partial charge in [0.1, 0.15) is 12.4 Å². The summed E-state index contributed by atoms with van der Waals surface area (Å²) in [6.45, 7) is 3.70. The number of aromatic nitrogens is 2. The molecule has 0 aliphatic heterocycles. The van der Waals surface area contributed by atoms with Gasteiger partial charge >= 0.3 is 0 Å². The standard InChI is InChI=1S/C14H13BrClFN4O/c1-8-14(15)9(2)21(20-8)7-13(22)19-18-6-10-11(16)4-3-5-12(10)17/h3-6H,7H2,1-2H3,(H,19,22)/b18-6-. The molecule has 1 amide bonds. The minimum absolute atomic E-state index is 0.0145. The molecule has 0 saturated heterocycles. The number of aryl methyl sites for hydroxylation is 1. The van der Waals surface area contributed by atoms with Crippen molar-refractivity contribution in [2.45, 2.75) is 20.4 Å². The van der Waals surface area contributed by atoms with Crippen molar-refractivity contribution in [2.24, 2.45) is 5.10 Å². The zero-order chi connectivity index (χ0) is 16.3. The number of hydrazone groups is 1. The van der Waals surface area contributed by atoms with Crippen LogP contribution >= 0.6 is 27.5 Å². The lowest BCUT2D eigenvalue weighted by atomic mass is 10.2. The summed E-state index contributed by atoms with van der Waals surface area (Å²) in [7, 11) is 0. The first-order valence-electron chi connectivity index (χ1n) is 6.35. The average molecular weight is 388 g/mol. The van der Waals surface area contributed by atoms with Crippen LogP contribution in [0.1, 0.15) is 17.0 Å². The molecule has 2 rings (SSSR count). The van der Waals surface area contributed by atoms with E-state index in [0.29, 0.717) is 0 Å². The lowest BCUT2D eigenvalue weighted by Crippen LogP contribution is -2.24. The van der Waals surface area contributed by atoms with Gasteiger partial charge in [-0.3, -0.25) is 9.48 Å². The van der Waals surface area contributed by atoms with E-state index >= 15 is 0 Å². The second kappa shape index (κ2) is 7.02. The van der Waals surface area contributed by atoms with Crippen LogP contribution in [0.4, 0.5) is 4.39 Å². The summed E-state index contributed by atoms with van der Waals surface area (Å²) in [4.78, 5) is 11.8. The number of carbonyl (C=O) groups is 1. The number of halogens is 3. The van der Waals surface area contributed by atoms with Crippen LogP contribution in [0, 0.1) is 19.7 Å². The third-order valence-corrected chi connectivity index (χ3v) is 4.45. The number of nitrogens with zero attached hydrogens (tertiary/aromatic N) is 3. The van der Waals surface area contributed by atoms with Crippen LogP contribution in [0.3, 0.4) is 0 Å². The zero-order valence-electron chi connectivity index (χ0n) is 11.9. The van der Waals surface area contributed by atoms with Crippen LogP contribution in [0.25, 0.3) is 0 Å². The van der Waals surface area contributed by atoms with E-state index in [0.717, 1.165) is 15.9 Å². The Morgan fingerprint density at radius 3 is 2.86 bits per heavy atom.